The van der Waals surface area contributed by atoms with Gasteiger partial charge in [-0.3, -0.25) is 9.59 Å². The zero-order valence-corrected chi connectivity index (χ0v) is 11.3. The lowest BCUT2D eigenvalue weighted by Gasteiger charge is -2.27. The van der Waals surface area contributed by atoms with Gasteiger partial charge in [0.15, 0.2) is 5.43 Å². The summed E-state index contributed by atoms with van der Waals surface area (Å²) in [6, 6.07) is 1.40. The fraction of sp³-hybridized carbons (Fsp3) is 0.600. The molecule has 102 valence electrons. The van der Waals surface area contributed by atoms with Crippen LogP contribution >= 0.6 is 0 Å². The van der Waals surface area contributed by atoms with Gasteiger partial charge in [-0.2, -0.15) is 0 Å². The highest BCUT2D eigenvalue weighted by Gasteiger charge is 2.40. The third-order valence-electron chi connectivity index (χ3n) is 4.79. The van der Waals surface area contributed by atoms with E-state index in [1.807, 2.05) is 0 Å². The van der Waals surface area contributed by atoms with Gasteiger partial charge in [-0.05, 0) is 37.0 Å². The number of amides is 1. The second-order valence-electron chi connectivity index (χ2n) is 6.04. The van der Waals surface area contributed by atoms with Gasteiger partial charge in [0, 0.05) is 32.1 Å². The molecule has 4 heteroatoms. The number of carbonyl (C=O) groups is 1. The van der Waals surface area contributed by atoms with Crippen molar-refractivity contribution in [3.05, 3.63) is 34.2 Å². The van der Waals surface area contributed by atoms with Crippen molar-refractivity contribution in [2.75, 3.05) is 13.6 Å². The topological polar surface area (TPSA) is 53.2 Å². The molecule has 19 heavy (non-hydrogen) atoms. The number of carbonyl (C=O) groups excluding carboxylic acids is 1. The molecular weight excluding hydrogens is 240 g/mol. The van der Waals surface area contributed by atoms with Gasteiger partial charge in [0.05, 0.1) is 0 Å². The van der Waals surface area contributed by atoms with Crippen molar-refractivity contribution in [3.63, 3.8) is 0 Å². The van der Waals surface area contributed by atoms with Gasteiger partial charge in [-0.25, -0.2) is 0 Å². The molecule has 3 rings (SSSR count). The normalized spacial score (nSPS) is 28.6. The van der Waals surface area contributed by atoms with Gasteiger partial charge in [0.2, 0.25) is 0 Å². The maximum absolute atomic E-state index is 12.3. The van der Waals surface area contributed by atoms with E-state index in [2.05, 4.69) is 4.98 Å². The predicted octanol–water partition coefficient (Wildman–Crippen LogP) is 1.88. The molecule has 2 fully saturated rings. The summed E-state index contributed by atoms with van der Waals surface area (Å²) in [6.07, 6.45) is 8.35. The number of fused-ring (bicyclic) bond motifs is 2. The van der Waals surface area contributed by atoms with Crippen molar-refractivity contribution in [2.45, 2.75) is 25.7 Å². The van der Waals surface area contributed by atoms with Crippen LogP contribution in [0, 0.1) is 17.8 Å². The Morgan fingerprint density at radius 3 is 2.89 bits per heavy atom. The summed E-state index contributed by atoms with van der Waals surface area (Å²) in [5, 5.41) is 0. The Morgan fingerprint density at radius 2 is 2.26 bits per heavy atom. The van der Waals surface area contributed by atoms with Crippen LogP contribution in [0.4, 0.5) is 0 Å². The second kappa shape index (κ2) is 4.83. The number of hydrogen-bond donors (Lipinski definition) is 1. The van der Waals surface area contributed by atoms with Crippen LogP contribution in [0.2, 0.25) is 0 Å². The first-order valence-corrected chi connectivity index (χ1v) is 7.07. The third kappa shape index (κ3) is 2.31. The van der Waals surface area contributed by atoms with Gasteiger partial charge in [-0.15, -0.1) is 0 Å². The zero-order chi connectivity index (χ0) is 13.4. The lowest BCUT2D eigenvalue weighted by molar-refractivity contribution is 0.0752. The summed E-state index contributed by atoms with van der Waals surface area (Å²) in [4.78, 5) is 28.5. The number of nitrogens with one attached hydrogen (secondary N) is 1. The van der Waals surface area contributed by atoms with E-state index in [0.717, 1.165) is 18.4 Å². The summed E-state index contributed by atoms with van der Waals surface area (Å²) in [7, 11) is 1.81. The van der Waals surface area contributed by atoms with Crippen molar-refractivity contribution < 1.29 is 4.79 Å². The van der Waals surface area contributed by atoms with Crippen molar-refractivity contribution in [3.8, 4) is 0 Å². The Balaban J connectivity index is 1.67. The van der Waals surface area contributed by atoms with Crippen LogP contribution in [-0.2, 0) is 0 Å². The van der Waals surface area contributed by atoms with E-state index in [-0.39, 0.29) is 16.9 Å². The molecule has 0 radical (unpaired) electrons. The predicted molar refractivity (Wildman–Crippen MR) is 73.0 cm³/mol. The fourth-order valence-corrected chi connectivity index (χ4v) is 3.82. The maximum Gasteiger partial charge on any atom is 0.259 e. The highest BCUT2D eigenvalue weighted by Crippen LogP contribution is 2.48. The average molecular weight is 260 g/mol. The first-order valence-electron chi connectivity index (χ1n) is 7.07. The van der Waals surface area contributed by atoms with E-state index in [1.165, 1.54) is 37.9 Å². The molecule has 1 aromatic heterocycles. The number of aromatic amines is 1. The molecule has 1 aromatic rings. The van der Waals surface area contributed by atoms with Gasteiger partial charge < -0.3 is 9.88 Å². The molecule has 0 saturated heterocycles. The highest BCUT2D eigenvalue weighted by molar-refractivity contribution is 5.93. The number of H-pyrrole nitrogens is 1. The van der Waals surface area contributed by atoms with Crippen molar-refractivity contribution >= 4 is 5.91 Å². The summed E-state index contributed by atoms with van der Waals surface area (Å²) in [5.41, 5.74) is 0.0386. The molecule has 4 nitrogen and oxygen atoms in total. The number of rotatable bonds is 3. The van der Waals surface area contributed by atoms with E-state index in [9.17, 15) is 9.59 Å². The van der Waals surface area contributed by atoms with Crippen LogP contribution in [0.1, 0.15) is 36.0 Å². The molecule has 1 amide bonds. The van der Waals surface area contributed by atoms with Crippen LogP contribution in [0.3, 0.4) is 0 Å². The minimum absolute atomic E-state index is 0.162. The van der Waals surface area contributed by atoms with Crippen LogP contribution < -0.4 is 5.43 Å². The summed E-state index contributed by atoms with van der Waals surface area (Å²) >= 11 is 0. The minimum Gasteiger partial charge on any atom is -0.367 e. The molecule has 1 heterocycles. The molecule has 2 aliphatic rings. The monoisotopic (exact) mass is 260 g/mol. The molecule has 1 N–H and O–H groups in total. The summed E-state index contributed by atoms with van der Waals surface area (Å²) in [6.45, 7) is 0.786. The van der Waals surface area contributed by atoms with Crippen molar-refractivity contribution in [2.24, 2.45) is 17.8 Å². The Morgan fingerprint density at radius 1 is 1.42 bits per heavy atom. The van der Waals surface area contributed by atoms with Crippen molar-refractivity contribution in [1.82, 2.24) is 9.88 Å². The first kappa shape index (κ1) is 12.5. The van der Waals surface area contributed by atoms with E-state index in [0.29, 0.717) is 5.92 Å². The molecule has 0 aliphatic heterocycles. The van der Waals surface area contributed by atoms with E-state index in [1.54, 1.807) is 18.1 Å². The van der Waals surface area contributed by atoms with E-state index < -0.39 is 0 Å². The molecular formula is C15H20N2O2. The average Bonchev–Trinajstić information content (AvgIpc) is 3.00. The molecule has 3 unspecified atom stereocenters. The van der Waals surface area contributed by atoms with E-state index in [4.69, 9.17) is 0 Å². The number of pyridine rings is 1. The SMILES string of the molecule is CN(CC1CC2CCC1C2)C(=O)c1c[nH]ccc1=O. The smallest absolute Gasteiger partial charge is 0.259 e. The van der Waals surface area contributed by atoms with Gasteiger partial charge in [0.25, 0.3) is 5.91 Å². The Bertz CT molecular complexity index is 537. The van der Waals surface area contributed by atoms with Crippen LogP contribution in [-0.4, -0.2) is 29.4 Å². The molecule has 2 aliphatic carbocycles. The minimum atomic E-state index is -0.205. The largest absolute Gasteiger partial charge is 0.367 e. The summed E-state index contributed by atoms with van der Waals surface area (Å²) in [5.74, 6) is 2.16. The lowest BCUT2D eigenvalue weighted by Crippen LogP contribution is -2.36. The van der Waals surface area contributed by atoms with Crippen molar-refractivity contribution in [1.29, 1.82) is 0 Å². The number of nitrogens with zero attached hydrogens (tertiary/aromatic N) is 1. The van der Waals surface area contributed by atoms with Gasteiger partial charge >= 0.3 is 0 Å². The van der Waals surface area contributed by atoms with Crippen LogP contribution in [0.5, 0.6) is 0 Å². The number of aromatic nitrogens is 1. The molecule has 0 spiro atoms. The molecule has 3 atom stereocenters. The van der Waals surface area contributed by atoms with E-state index >= 15 is 0 Å². The molecule has 2 bridgehead atoms. The molecule has 0 aromatic carbocycles. The van der Waals surface area contributed by atoms with Crippen LogP contribution in [0.25, 0.3) is 0 Å². The van der Waals surface area contributed by atoms with Gasteiger partial charge in [0.1, 0.15) is 5.56 Å². The Kier molecular flexibility index (Phi) is 3.17. The Hall–Kier alpha value is -1.58. The number of hydrogen-bond acceptors (Lipinski definition) is 2. The first-order chi connectivity index (χ1) is 9.15. The molecule has 2 saturated carbocycles. The lowest BCUT2D eigenvalue weighted by atomic mass is 9.88. The Labute approximate surface area is 112 Å². The standard InChI is InChI=1S/C15H20N2O2/c1-17(9-12-7-10-2-3-11(12)6-10)15(19)13-8-16-5-4-14(13)18/h4-5,8,10-12H,2-3,6-7,9H2,1H3,(H,16,18). The maximum atomic E-state index is 12.3. The fourth-order valence-electron chi connectivity index (χ4n) is 3.82. The zero-order valence-electron chi connectivity index (χ0n) is 11.3. The third-order valence-corrected chi connectivity index (χ3v) is 4.79. The summed E-state index contributed by atoms with van der Waals surface area (Å²) < 4.78 is 0. The highest BCUT2D eigenvalue weighted by atomic mass is 16.2. The van der Waals surface area contributed by atoms with Crippen LogP contribution in [0.15, 0.2) is 23.3 Å². The van der Waals surface area contributed by atoms with Gasteiger partial charge in [-0.1, -0.05) is 6.42 Å². The quantitative estimate of drug-likeness (QED) is 0.902. The second-order valence-corrected chi connectivity index (χ2v) is 6.04.